The summed E-state index contributed by atoms with van der Waals surface area (Å²) in [6.07, 6.45) is 5.68. The van der Waals surface area contributed by atoms with Crippen molar-refractivity contribution < 1.29 is 9.47 Å². The van der Waals surface area contributed by atoms with Gasteiger partial charge in [0, 0.05) is 11.8 Å². The van der Waals surface area contributed by atoms with Gasteiger partial charge in [-0.2, -0.15) is 5.21 Å². The molecule has 0 saturated heterocycles. The van der Waals surface area contributed by atoms with E-state index < -0.39 is 0 Å². The van der Waals surface area contributed by atoms with E-state index in [9.17, 15) is 0 Å². The average molecular weight is 464 g/mol. The first-order valence-electron chi connectivity index (χ1n) is 11.5. The third-order valence-electron chi connectivity index (χ3n) is 5.47. The minimum atomic E-state index is 0.438. The lowest BCUT2D eigenvalue weighted by atomic mass is 10.1. The number of H-pyrrole nitrogens is 1. The van der Waals surface area contributed by atoms with Crippen LogP contribution in [0.25, 0.3) is 17.0 Å². The first-order chi connectivity index (χ1) is 17.3. The first-order valence-corrected chi connectivity index (χ1v) is 11.5. The van der Waals surface area contributed by atoms with Gasteiger partial charge >= 0.3 is 0 Å². The molecule has 2 aromatic heterocycles. The number of para-hydroxylation sites is 1. The molecular weight excluding hydrogens is 438 g/mol. The Bertz CT molecular complexity index is 1400. The SMILES string of the molecule is C(=C\c1ccc(OCc2ccc3ccccc3n2)cc1)/Cc1cccc(OCCc2nn[nH]n2)c1. The number of fused-ring (bicyclic) bond motifs is 1. The summed E-state index contributed by atoms with van der Waals surface area (Å²) in [6, 6.07) is 28.4. The summed E-state index contributed by atoms with van der Waals surface area (Å²) in [5.41, 5.74) is 4.19. The van der Waals surface area contributed by atoms with E-state index in [4.69, 9.17) is 9.47 Å². The number of rotatable bonds is 10. The van der Waals surface area contributed by atoms with Gasteiger partial charge in [0.1, 0.15) is 18.1 Å². The summed E-state index contributed by atoms with van der Waals surface area (Å²) in [5, 5.41) is 15.0. The topological polar surface area (TPSA) is 85.8 Å². The predicted octanol–water partition coefficient (Wildman–Crippen LogP) is 5.20. The molecule has 0 aliphatic heterocycles. The molecule has 0 unspecified atom stereocenters. The monoisotopic (exact) mass is 463 g/mol. The van der Waals surface area contributed by atoms with Gasteiger partial charge in [0.2, 0.25) is 0 Å². The van der Waals surface area contributed by atoms with Crippen molar-refractivity contribution in [1.29, 1.82) is 0 Å². The zero-order chi connectivity index (χ0) is 23.7. The van der Waals surface area contributed by atoms with Gasteiger partial charge in [0.25, 0.3) is 0 Å². The van der Waals surface area contributed by atoms with E-state index in [0.29, 0.717) is 25.5 Å². The highest BCUT2D eigenvalue weighted by atomic mass is 16.5. The van der Waals surface area contributed by atoms with Crippen LogP contribution in [0, 0.1) is 0 Å². The summed E-state index contributed by atoms with van der Waals surface area (Å²) in [6.45, 7) is 0.942. The molecule has 0 fully saturated rings. The Hall–Kier alpha value is -4.52. The van der Waals surface area contributed by atoms with Crippen molar-refractivity contribution in [2.45, 2.75) is 19.4 Å². The summed E-state index contributed by atoms with van der Waals surface area (Å²) < 4.78 is 11.7. The van der Waals surface area contributed by atoms with E-state index in [1.165, 1.54) is 5.56 Å². The standard InChI is InChI=1S/C28H25N5O2/c1-2-10-27-23(8-1)13-14-24(29-27)20-35-25-15-11-21(12-16-25)5-3-6-22-7-4-9-26(19-22)34-18-17-28-30-32-33-31-28/h1-5,7-16,19H,6,17-18,20H2,(H,30,31,32,33)/b5-3+. The second-order valence-electron chi connectivity index (χ2n) is 8.03. The Kier molecular flexibility index (Phi) is 7.05. The number of tetrazole rings is 1. The van der Waals surface area contributed by atoms with Gasteiger partial charge < -0.3 is 9.47 Å². The van der Waals surface area contributed by atoms with Gasteiger partial charge in [-0.15, -0.1) is 10.2 Å². The maximum atomic E-state index is 5.93. The molecule has 0 aliphatic rings. The molecule has 35 heavy (non-hydrogen) atoms. The maximum absolute atomic E-state index is 5.93. The van der Waals surface area contributed by atoms with Crippen molar-refractivity contribution in [3.63, 3.8) is 0 Å². The van der Waals surface area contributed by atoms with Gasteiger partial charge in [-0.3, -0.25) is 0 Å². The molecule has 0 atom stereocenters. The van der Waals surface area contributed by atoms with Gasteiger partial charge in [0.15, 0.2) is 5.82 Å². The van der Waals surface area contributed by atoms with Crippen LogP contribution in [0.2, 0.25) is 0 Å². The van der Waals surface area contributed by atoms with Crippen molar-refractivity contribution in [2.75, 3.05) is 6.61 Å². The smallest absolute Gasteiger partial charge is 0.177 e. The van der Waals surface area contributed by atoms with E-state index in [1.807, 2.05) is 48.5 Å². The average Bonchev–Trinajstić information content (AvgIpc) is 3.42. The molecule has 3 aromatic carbocycles. The molecule has 0 spiro atoms. The van der Waals surface area contributed by atoms with E-state index >= 15 is 0 Å². The van der Waals surface area contributed by atoms with Gasteiger partial charge in [-0.25, -0.2) is 4.98 Å². The van der Waals surface area contributed by atoms with Gasteiger partial charge in [-0.1, -0.05) is 65.9 Å². The molecule has 7 nitrogen and oxygen atoms in total. The Morgan fingerprint density at radius 1 is 0.829 bits per heavy atom. The van der Waals surface area contributed by atoms with Crippen molar-refractivity contribution in [2.24, 2.45) is 0 Å². The molecule has 5 rings (SSSR count). The minimum Gasteiger partial charge on any atom is -0.493 e. The van der Waals surface area contributed by atoms with Crippen molar-refractivity contribution in [3.05, 3.63) is 114 Å². The molecular formula is C28H25N5O2. The van der Waals surface area contributed by atoms with E-state index in [2.05, 4.69) is 74.2 Å². The molecule has 0 amide bonds. The lowest BCUT2D eigenvalue weighted by Gasteiger charge is -2.07. The van der Waals surface area contributed by atoms with Crippen LogP contribution in [0.3, 0.4) is 0 Å². The summed E-state index contributed by atoms with van der Waals surface area (Å²) in [7, 11) is 0. The number of aromatic nitrogens is 5. The van der Waals surface area contributed by atoms with Crippen LogP contribution >= 0.6 is 0 Å². The third kappa shape index (κ3) is 6.29. The Labute approximate surface area is 203 Å². The fourth-order valence-electron chi connectivity index (χ4n) is 3.66. The molecule has 7 heteroatoms. The normalized spacial score (nSPS) is 11.2. The lowest BCUT2D eigenvalue weighted by molar-refractivity contribution is 0.302. The third-order valence-corrected chi connectivity index (χ3v) is 5.47. The molecule has 174 valence electrons. The fraction of sp³-hybridized carbons (Fsp3) is 0.143. The number of hydrogen-bond acceptors (Lipinski definition) is 6. The molecule has 1 N–H and O–H groups in total. The van der Waals surface area contributed by atoms with Crippen LogP contribution in [-0.2, 0) is 19.4 Å². The number of pyridine rings is 1. The Balaban J connectivity index is 1.10. The van der Waals surface area contributed by atoms with Crippen LogP contribution in [0.1, 0.15) is 22.6 Å². The molecule has 5 aromatic rings. The largest absolute Gasteiger partial charge is 0.493 e. The van der Waals surface area contributed by atoms with Crippen LogP contribution in [-0.4, -0.2) is 32.2 Å². The van der Waals surface area contributed by atoms with Crippen molar-refractivity contribution >= 4 is 17.0 Å². The Morgan fingerprint density at radius 2 is 1.74 bits per heavy atom. The quantitative estimate of drug-likeness (QED) is 0.306. The summed E-state index contributed by atoms with van der Waals surface area (Å²) in [4.78, 5) is 4.66. The number of nitrogens with zero attached hydrogens (tertiary/aromatic N) is 4. The first kappa shape index (κ1) is 22.3. The van der Waals surface area contributed by atoms with Crippen molar-refractivity contribution in [1.82, 2.24) is 25.6 Å². The number of benzene rings is 3. The number of allylic oxidation sites excluding steroid dienone is 1. The fourth-order valence-corrected chi connectivity index (χ4v) is 3.66. The minimum absolute atomic E-state index is 0.438. The lowest BCUT2D eigenvalue weighted by Crippen LogP contribution is -2.03. The van der Waals surface area contributed by atoms with Crippen LogP contribution in [0.4, 0.5) is 0 Å². The molecule has 0 bridgehead atoms. The van der Waals surface area contributed by atoms with E-state index in [1.54, 1.807) is 0 Å². The highest BCUT2D eigenvalue weighted by Gasteiger charge is 2.02. The van der Waals surface area contributed by atoms with Gasteiger partial charge in [0.05, 0.1) is 17.8 Å². The van der Waals surface area contributed by atoms with Crippen LogP contribution in [0.5, 0.6) is 11.5 Å². The zero-order valence-electron chi connectivity index (χ0n) is 19.2. The van der Waals surface area contributed by atoms with E-state index in [0.717, 1.165) is 40.1 Å². The summed E-state index contributed by atoms with van der Waals surface area (Å²) >= 11 is 0. The maximum Gasteiger partial charge on any atom is 0.177 e. The molecule has 0 saturated carbocycles. The van der Waals surface area contributed by atoms with Crippen LogP contribution < -0.4 is 9.47 Å². The molecule has 0 aliphatic carbocycles. The Morgan fingerprint density at radius 3 is 2.63 bits per heavy atom. The highest BCUT2D eigenvalue weighted by molar-refractivity contribution is 5.78. The number of aromatic amines is 1. The second kappa shape index (κ2) is 11.1. The van der Waals surface area contributed by atoms with Gasteiger partial charge in [-0.05, 0) is 53.9 Å². The van der Waals surface area contributed by atoms with E-state index in [-0.39, 0.29) is 0 Å². The predicted molar refractivity (Wildman–Crippen MR) is 135 cm³/mol. The number of hydrogen-bond donors (Lipinski definition) is 1. The molecule has 2 heterocycles. The number of nitrogens with one attached hydrogen (secondary N) is 1. The van der Waals surface area contributed by atoms with Crippen molar-refractivity contribution in [3.8, 4) is 11.5 Å². The zero-order valence-corrected chi connectivity index (χ0v) is 19.2. The number of ether oxygens (including phenoxy) is 2. The summed E-state index contributed by atoms with van der Waals surface area (Å²) in [5.74, 6) is 2.30. The second-order valence-corrected chi connectivity index (χ2v) is 8.03. The molecule has 0 radical (unpaired) electrons. The van der Waals surface area contributed by atoms with Crippen LogP contribution in [0.15, 0.2) is 91.0 Å². The highest BCUT2D eigenvalue weighted by Crippen LogP contribution is 2.18.